The van der Waals surface area contributed by atoms with Crippen molar-refractivity contribution in [1.82, 2.24) is 4.90 Å². The fourth-order valence-electron chi connectivity index (χ4n) is 2.84. The smallest absolute Gasteiger partial charge is 0.157 e. The Morgan fingerprint density at radius 3 is 2.53 bits per heavy atom. The van der Waals surface area contributed by atoms with Crippen molar-refractivity contribution in [2.45, 2.75) is 46.0 Å². The average Bonchev–Trinajstić information content (AvgIpc) is 2.84. The molecule has 0 spiro atoms. The van der Waals surface area contributed by atoms with E-state index in [9.17, 15) is 4.79 Å². The van der Waals surface area contributed by atoms with Crippen LogP contribution in [-0.4, -0.2) is 23.8 Å². The van der Waals surface area contributed by atoms with Gasteiger partial charge in [0, 0.05) is 31.3 Å². The molecule has 1 heterocycles. The maximum absolute atomic E-state index is 11.2. The van der Waals surface area contributed by atoms with Gasteiger partial charge in [-0.1, -0.05) is 13.8 Å². The average molecular weight is 207 g/mol. The molecule has 2 aliphatic rings. The van der Waals surface area contributed by atoms with E-state index in [-0.39, 0.29) is 0 Å². The van der Waals surface area contributed by atoms with E-state index in [4.69, 9.17) is 0 Å². The Labute approximate surface area is 92.3 Å². The van der Waals surface area contributed by atoms with Gasteiger partial charge in [-0.2, -0.15) is 0 Å². The van der Waals surface area contributed by atoms with E-state index < -0.39 is 0 Å². The molecule has 0 bridgehead atoms. The lowest BCUT2D eigenvalue weighted by Crippen LogP contribution is -2.25. The number of ketones is 1. The number of carbonyl (C=O) groups excluding carboxylic acids is 1. The van der Waals surface area contributed by atoms with Crippen LogP contribution in [0, 0.1) is 5.41 Å². The van der Waals surface area contributed by atoms with Gasteiger partial charge in [0.05, 0.1) is 0 Å². The number of carbonyl (C=O) groups is 1. The van der Waals surface area contributed by atoms with E-state index in [2.05, 4.69) is 18.7 Å². The third kappa shape index (κ3) is 1.95. The summed E-state index contributed by atoms with van der Waals surface area (Å²) in [5.74, 6) is 0.315. The molecule has 0 aromatic carbocycles. The van der Waals surface area contributed by atoms with Crippen molar-refractivity contribution in [2.24, 2.45) is 5.41 Å². The van der Waals surface area contributed by atoms with Gasteiger partial charge in [0.1, 0.15) is 0 Å². The second-order valence-corrected chi connectivity index (χ2v) is 4.98. The summed E-state index contributed by atoms with van der Waals surface area (Å²) < 4.78 is 0. The van der Waals surface area contributed by atoms with E-state index >= 15 is 0 Å². The highest BCUT2D eigenvalue weighted by atomic mass is 16.1. The molecule has 15 heavy (non-hydrogen) atoms. The predicted octanol–water partition coefficient (Wildman–Crippen LogP) is 2.75. The molecule has 0 amide bonds. The Morgan fingerprint density at radius 2 is 2.07 bits per heavy atom. The summed E-state index contributed by atoms with van der Waals surface area (Å²) >= 11 is 0. The zero-order valence-corrected chi connectivity index (χ0v) is 9.88. The van der Waals surface area contributed by atoms with Crippen LogP contribution in [0.15, 0.2) is 11.8 Å². The minimum absolute atomic E-state index is 0.315. The van der Waals surface area contributed by atoms with Crippen LogP contribution in [0.2, 0.25) is 0 Å². The minimum atomic E-state index is 0.315. The quantitative estimate of drug-likeness (QED) is 0.709. The highest BCUT2D eigenvalue weighted by Crippen LogP contribution is 2.39. The Morgan fingerprint density at radius 1 is 1.33 bits per heavy atom. The largest absolute Gasteiger partial charge is 0.374 e. The van der Waals surface area contributed by atoms with E-state index in [1.807, 2.05) is 6.08 Å². The van der Waals surface area contributed by atoms with Gasteiger partial charge in [-0.25, -0.2) is 0 Å². The molecule has 0 saturated carbocycles. The van der Waals surface area contributed by atoms with Crippen molar-refractivity contribution in [3.05, 3.63) is 11.8 Å². The summed E-state index contributed by atoms with van der Waals surface area (Å²) in [7, 11) is 0. The standard InChI is InChI=1S/C13H21NO/c1-3-13(4-2)7-8-14(10-13)11-5-6-12(15)9-11/h9H,3-8,10H2,1-2H3. The maximum Gasteiger partial charge on any atom is 0.157 e. The molecule has 1 aliphatic carbocycles. The van der Waals surface area contributed by atoms with Crippen molar-refractivity contribution in [2.75, 3.05) is 13.1 Å². The van der Waals surface area contributed by atoms with Gasteiger partial charge in [0.25, 0.3) is 0 Å². The monoisotopic (exact) mass is 207 g/mol. The lowest BCUT2D eigenvalue weighted by atomic mass is 9.82. The second kappa shape index (κ2) is 3.99. The molecule has 84 valence electrons. The van der Waals surface area contributed by atoms with E-state index in [1.165, 1.54) is 31.5 Å². The summed E-state index contributed by atoms with van der Waals surface area (Å²) in [4.78, 5) is 13.6. The third-order valence-corrected chi connectivity index (χ3v) is 4.30. The molecular weight excluding hydrogens is 186 g/mol. The normalized spacial score (nSPS) is 24.8. The number of rotatable bonds is 3. The Kier molecular flexibility index (Phi) is 2.85. The number of hydrogen-bond acceptors (Lipinski definition) is 2. The number of likely N-dealkylation sites (tertiary alicyclic amines) is 1. The Bertz CT molecular complexity index is 289. The first-order valence-electron chi connectivity index (χ1n) is 6.17. The van der Waals surface area contributed by atoms with Crippen LogP contribution in [0.25, 0.3) is 0 Å². The van der Waals surface area contributed by atoms with Crippen molar-refractivity contribution in [3.63, 3.8) is 0 Å². The van der Waals surface area contributed by atoms with Gasteiger partial charge in [0.15, 0.2) is 5.78 Å². The molecule has 2 nitrogen and oxygen atoms in total. The van der Waals surface area contributed by atoms with Crippen LogP contribution >= 0.6 is 0 Å². The maximum atomic E-state index is 11.2. The van der Waals surface area contributed by atoms with Crippen molar-refractivity contribution in [3.8, 4) is 0 Å². The molecule has 1 saturated heterocycles. The third-order valence-electron chi connectivity index (χ3n) is 4.30. The molecular formula is C13H21NO. The van der Waals surface area contributed by atoms with Gasteiger partial charge >= 0.3 is 0 Å². The van der Waals surface area contributed by atoms with Crippen molar-refractivity contribution < 1.29 is 4.79 Å². The highest BCUT2D eigenvalue weighted by Gasteiger charge is 2.36. The van der Waals surface area contributed by atoms with Gasteiger partial charge in [-0.15, -0.1) is 0 Å². The summed E-state index contributed by atoms with van der Waals surface area (Å²) in [5.41, 5.74) is 1.82. The van der Waals surface area contributed by atoms with Crippen LogP contribution < -0.4 is 0 Å². The Hall–Kier alpha value is -0.790. The second-order valence-electron chi connectivity index (χ2n) is 4.98. The lowest BCUT2D eigenvalue weighted by molar-refractivity contribution is -0.114. The molecule has 1 fully saturated rings. The molecule has 0 aromatic rings. The van der Waals surface area contributed by atoms with Crippen LogP contribution in [0.4, 0.5) is 0 Å². The van der Waals surface area contributed by atoms with Crippen LogP contribution in [0.5, 0.6) is 0 Å². The van der Waals surface area contributed by atoms with Crippen LogP contribution in [0.1, 0.15) is 46.0 Å². The van der Waals surface area contributed by atoms with Gasteiger partial charge in [-0.05, 0) is 31.1 Å². The molecule has 1 aliphatic heterocycles. The highest BCUT2D eigenvalue weighted by molar-refractivity contribution is 5.92. The summed E-state index contributed by atoms with van der Waals surface area (Å²) in [6.07, 6.45) is 7.40. The molecule has 0 atom stereocenters. The lowest BCUT2D eigenvalue weighted by Gasteiger charge is -2.27. The van der Waals surface area contributed by atoms with Gasteiger partial charge in [-0.3, -0.25) is 4.79 Å². The Balaban J connectivity index is 2.04. The summed E-state index contributed by atoms with van der Waals surface area (Å²) in [6, 6.07) is 0. The fraction of sp³-hybridized carbons (Fsp3) is 0.769. The summed E-state index contributed by atoms with van der Waals surface area (Å²) in [6.45, 7) is 6.91. The number of allylic oxidation sites excluding steroid dienone is 2. The first-order valence-corrected chi connectivity index (χ1v) is 6.17. The van der Waals surface area contributed by atoms with Crippen molar-refractivity contribution in [1.29, 1.82) is 0 Å². The first-order chi connectivity index (χ1) is 7.19. The number of nitrogens with zero attached hydrogens (tertiary/aromatic N) is 1. The van der Waals surface area contributed by atoms with E-state index in [0.717, 1.165) is 19.4 Å². The summed E-state index contributed by atoms with van der Waals surface area (Å²) in [5, 5.41) is 0. The fourth-order valence-corrected chi connectivity index (χ4v) is 2.84. The SMILES string of the molecule is CCC1(CC)CCN(C2=CC(=O)CC2)C1. The molecule has 2 heteroatoms. The first kappa shape index (κ1) is 10.7. The van der Waals surface area contributed by atoms with Gasteiger partial charge in [0.2, 0.25) is 0 Å². The van der Waals surface area contributed by atoms with E-state index in [1.54, 1.807) is 0 Å². The topological polar surface area (TPSA) is 20.3 Å². The molecule has 0 unspecified atom stereocenters. The molecule has 0 aromatic heterocycles. The van der Waals surface area contributed by atoms with Crippen molar-refractivity contribution >= 4 is 5.78 Å². The van der Waals surface area contributed by atoms with Gasteiger partial charge < -0.3 is 4.90 Å². The zero-order valence-electron chi connectivity index (χ0n) is 9.88. The molecule has 0 radical (unpaired) electrons. The molecule has 2 rings (SSSR count). The van der Waals surface area contributed by atoms with Crippen LogP contribution in [-0.2, 0) is 4.79 Å². The van der Waals surface area contributed by atoms with E-state index in [0.29, 0.717) is 11.2 Å². The zero-order chi connectivity index (χ0) is 10.9. The minimum Gasteiger partial charge on any atom is -0.374 e. The van der Waals surface area contributed by atoms with Crippen LogP contribution in [0.3, 0.4) is 0 Å². The number of hydrogen-bond donors (Lipinski definition) is 0. The molecule has 0 N–H and O–H groups in total. The predicted molar refractivity (Wildman–Crippen MR) is 61.5 cm³/mol.